The molecule has 0 amide bonds. The third-order valence-corrected chi connectivity index (χ3v) is 3.55. The van der Waals surface area contributed by atoms with E-state index in [1.807, 2.05) is 17.8 Å². The maximum absolute atomic E-state index is 13.0. The Morgan fingerprint density at radius 3 is 2.76 bits per heavy atom. The Labute approximate surface area is 108 Å². The van der Waals surface area contributed by atoms with Gasteiger partial charge in [0.15, 0.2) is 0 Å². The van der Waals surface area contributed by atoms with Crippen LogP contribution in [0.3, 0.4) is 0 Å². The van der Waals surface area contributed by atoms with E-state index in [0.29, 0.717) is 12.1 Å². The summed E-state index contributed by atoms with van der Waals surface area (Å²) >= 11 is 1.86. The topological polar surface area (TPSA) is 12.0 Å². The van der Waals surface area contributed by atoms with Crippen molar-refractivity contribution in [1.82, 2.24) is 5.32 Å². The molecule has 2 unspecified atom stereocenters. The molecule has 17 heavy (non-hydrogen) atoms. The van der Waals surface area contributed by atoms with Gasteiger partial charge in [-0.15, -0.1) is 0 Å². The average molecular weight is 255 g/mol. The van der Waals surface area contributed by atoms with Crippen molar-refractivity contribution in [3.8, 4) is 0 Å². The molecule has 96 valence electrons. The maximum Gasteiger partial charge on any atom is 0.123 e. The van der Waals surface area contributed by atoms with Gasteiger partial charge in [0.2, 0.25) is 0 Å². The van der Waals surface area contributed by atoms with Gasteiger partial charge in [-0.25, -0.2) is 4.39 Å². The number of halogens is 1. The molecule has 0 aliphatic rings. The van der Waals surface area contributed by atoms with Crippen LogP contribution in [0.15, 0.2) is 24.3 Å². The van der Waals surface area contributed by atoms with Crippen LogP contribution in [-0.2, 0) is 6.42 Å². The molecule has 0 aliphatic carbocycles. The molecule has 0 saturated heterocycles. The summed E-state index contributed by atoms with van der Waals surface area (Å²) < 4.78 is 13.0. The zero-order valence-corrected chi connectivity index (χ0v) is 11.7. The lowest BCUT2D eigenvalue weighted by Crippen LogP contribution is -2.38. The average Bonchev–Trinajstić information content (AvgIpc) is 2.28. The Kier molecular flexibility index (Phi) is 6.60. The minimum Gasteiger partial charge on any atom is -0.310 e. The summed E-state index contributed by atoms with van der Waals surface area (Å²) in [5.74, 6) is 0.982. The summed E-state index contributed by atoms with van der Waals surface area (Å²) in [7, 11) is 0. The van der Waals surface area contributed by atoms with E-state index in [1.54, 1.807) is 12.1 Å². The Morgan fingerprint density at radius 2 is 2.18 bits per heavy atom. The van der Waals surface area contributed by atoms with Crippen molar-refractivity contribution in [2.24, 2.45) is 0 Å². The molecule has 1 nitrogen and oxygen atoms in total. The lowest BCUT2D eigenvalue weighted by molar-refractivity contribution is 0.460. The van der Waals surface area contributed by atoms with Crippen LogP contribution in [0.2, 0.25) is 0 Å². The lowest BCUT2D eigenvalue weighted by Gasteiger charge is -2.21. The number of nitrogens with one attached hydrogen (secondary N) is 1. The zero-order chi connectivity index (χ0) is 12.7. The first kappa shape index (κ1) is 14.5. The molecule has 0 bridgehead atoms. The fraction of sp³-hybridized carbons (Fsp3) is 0.571. The van der Waals surface area contributed by atoms with Gasteiger partial charge < -0.3 is 5.32 Å². The van der Waals surface area contributed by atoms with Crippen LogP contribution >= 0.6 is 11.8 Å². The SMILES string of the molecule is CCC(CSC)NC(C)Cc1cccc(F)c1. The van der Waals surface area contributed by atoms with Gasteiger partial charge in [0.1, 0.15) is 5.82 Å². The number of hydrogen-bond acceptors (Lipinski definition) is 2. The summed E-state index contributed by atoms with van der Waals surface area (Å²) in [6.07, 6.45) is 4.14. The van der Waals surface area contributed by atoms with Gasteiger partial charge in [-0.2, -0.15) is 11.8 Å². The van der Waals surface area contributed by atoms with Crippen molar-refractivity contribution in [2.75, 3.05) is 12.0 Å². The first-order valence-corrected chi connectivity index (χ1v) is 7.54. The van der Waals surface area contributed by atoms with Crippen molar-refractivity contribution in [3.05, 3.63) is 35.6 Å². The highest BCUT2D eigenvalue weighted by Gasteiger charge is 2.10. The Hall–Kier alpha value is -0.540. The molecule has 0 saturated carbocycles. The van der Waals surface area contributed by atoms with E-state index in [0.717, 1.165) is 24.2 Å². The fourth-order valence-electron chi connectivity index (χ4n) is 1.96. The summed E-state index contributed by atoms with van der Waals surface area (Å²) in [6.45, 7) is 4.36. The van der Waals surface area contributed by atoms with E-state index in [2.05, 4.69) is 25.4 Å². The molecule has 3 heteroatoms. The molecular weight excluding hydrogens is 233 g/mol. The summed E-state index contributed by atoms with van der Waals surface area (Å²) in [5, 5.41) is 3.59. The molecular formula is C14H22FNS. The van der Waals surface area contributed by atoms with Gasteiger partial charge >= 0.3 is 0 Å². The highest BCUT2D eigenvalue weighted by Crippen LogP contribution is 2.08. The van der Waals surface area contributed by atoms with E-state index in [9.17, 15) is 4.39 Å². The van der Waals surface area contributed by atoms with Crippen LogP contribution in [0.5, 0.6) is 0 Å². The highest BCUT2D eigenvalue weighted by molar-refractivity contribution is 7.98. The van der Waals surface area contributed by atoms with Crippen molar-refractivity contribution in [1.29, 1.82) is 0 Å². The first-order chi connectivity index (χ1) is 8.15. The Balaban J connectivity index is 2.45. The molecule has 0 spiro atoms. The van der Waals surface area contributed by atoms with Crippen molar-refractivity contribution >= 4 is 11.8 Å². The van der Waals surface area contributed by atoms with Crippen LogP contribution in [-0.4, -0.2) is 24.1 Å². The largest absolute Gasteiger partial charge is 0.310 e. The number of hydrogen-bond donors (Lipinski definition) is 1. The van der Waals surface area contributed by atoms with Crippen LogP contribution < -0.4 is 5.32 Å². The van der Waals surface area contributed by atoms with Gasteiger partial charge in [-0.1, -0.05) is 19.1 Å². The van der Waals surface area contributed by atoms with Gasteiger partial charge in [-0.3, -0.25) is 0 Å². The molecule has 2 atom stereocenters. The second-order valence-electron chi connectivity index (χ2n) is 4.46. The summed E-state index contributed by atoms with van der Waals surface area (Å²) in [6, 6.07) is 7.80. The smallest absolute Gasteiger partial charge is 0.123 e. The molecule has 1 aromatic carbocycles. The molecule has 1 rings (SSSR count). The summed E-state index contributed by atoms with van der Waals surface area (Å²) in [5.41, 5.74) is 1.06. The predicted molar refractivity (Wildman–Crippen MR) is 75.2 cm³/mol. The van der Waals surface area contributed by atoms with E-state index in [1.165, 1.54) is 6.07 Å². The second kappa shape index (κ2) is 7.72. The molecule has 1 N–H and O–H groups in total. The third kappa shape index (κ3) is 5.55. The minimum absolute atomic E-state index is 0.147. The third-order valence-electron chi connectivity index (χ3n) is 2.81. The second-order valence-corrected chi connectivity index (χ2v) is 5.37. The van der Waals surface area contributed by atoms with Crippen molar-refractivity contribution in [2.45, 2.75) is 38.8 Å². The Morgan fingerprint density at radius 1 is 1.41 bits per heavy atom. The molecule has 0 fully saturated rings. The number of thioether (sulfide) groups is 1. The van der Waals surface area contributed by atoms with Crippen molar-refractivity contribution in [3.63, 3.8) is 0 Å². The molecule has 0 radical (unpaired) electrons. The highest BCUT2D eigenvalue weighted by atomic mass is 32.2. The van der Waals surface area contributed by atoms with Crippen LogP contribution in [0, 0.1) is 5.82 Å². The number of benzene rings is 1. The summed E-state index contributed by atoms with van der Waals surface area (Å²) in [4.78, 5) is 0. The van der Waals surface area contributed by atoms with Crippen LogP contribution in [0.1, 0.15) is 25.8 Å². The van der Waals surface area contributed by atoms with E-state index in [-0.39, 0.29) is 5.82 Å². The first-order valence-electron chi connectivity index (χ1n) is 6.15. The monoisotopic (exact) mass is 255 g/mol. The quantitative estimate of drug-likeness (QED) is 0.800. The van der Waals surface area contributed by atoms with Gasteiger partial charge in [-0.05, 0) is 43.7 Å². The Bertz CT molecular complexity index is 330. The normalized spacial score (nSPS) is 14.6. The molecule has 0 heterocycles. The van der Waals surface area contributed by atoms with Crippen molar-refractivity contribution < 1.29 is 4.39 Å². The number of rotatable bonds is 7. The standard InChI is InChI=1S/C14H22FNS/c1-4-14(10-17-3)16-11(2)8-12-6-5-7-13(15)9-12/h5-7,9,11,14,16H,4,8,10H2,1-3H3. The van der Waals surface area contributed by atoms with E-state index >= 15 is 0 Å². The fourth-order valence-corrected chi connectivity index (χ4v) is 2.70. The molecule has 0 aromatic heterocycles. The lowest BCUT2D eigenvalue weighted by atomic mass is 10.1. The maximum atomic E-state index is 13.0. The van der Waals surface area contributed by atoms with E-state index in [4.69, 9.17) is 0 Å². The minimum atomic E-state index is -0.147. The molecule has 0 aliphatic heterocycles. The van der Waals surface area contributed by atoms with Crippen LogP contribution in [0.25, 0.3) is 0 Å². The molecule has 1 aromatic rings. The van der Waals surface area contributed by atoms with E-state index < -0.39 is 0 Å². The van der Waals surface area contributed by atoms with Gasteiger partial charge in [0.05, 0.1) is 0 Å². The zero-order valence-electron chi connectivity index (χ0n) is 10.9. The van der Waals surface area contributed by atoms with Gasteiger partial charge in [0, 0.05) is 17.8 Å². The van der Waals surface area contributed by atoms with Gasteiger partial charge in [0.25, 0.3) is 0 Å². The predicted octanol–water partition coefficient (Wildman–Crippen LogP) is 3.49. The van der Waals surface area contributed by atoms with Crippen LogP contribution in [0.4, 0.5) is 4.39 Å².